The van der Waals surface area contributed by atoms with Crippen LogP contribution in [0.25, 0.3) is 21.7 Å². The molecule has 0 atom stereocenters. The predicted octanol–water partition coefficient (Wildman–Crippen LogP) is 5.19. The molecule has 7 heteroatoms. The maximum atomic E-state index is 12.6. The Bertz CT molecular complexity index is 1080. The van der Waals surface area contributed by atoms with Crippen molar-refractivity contribution in [3.05, 3.63) is 52.1 Å². The summed E-state index contributed by atoms with van der Waals surface area (Å²) in [5, 5.41) is 6.18. The molecular formula is C18H15N3O2S2. The summed E-state index contributed by atoms with van der Waals surface area (Å²) in [5.74, 6) is 0.633. The molecule has 25 heavy (non-hydrogen) atoms. The minimum absolute atomic E-state index is 0.308. The van der Waals surface area contributed by atoms with Crippen molar-refractivity contribution in [3.8, 4) is 10.7 Å². The Labute approximate surface area is 152 Å². The highest BCUT2D eigenvalue weighted by atomic mass is 32.1. The van der Waals surface area contributed by atoms with Crippen LogP contribution in [0.4, 0.5) is 5.13 Å². The molecule has 0 radical (unpaired) electrons. The Balaban J connectivity index is 1.63. The van der Waals surface area contributed by atoms with Crippen LogP contribution in [-0.2, 0) is 0 Å². The molecule has 3 aromatic heterocycles. The largest absolute Gasteiger partial charge is 0.451 e. The number of aryl methyl sites for hydroxylation is 3. The molecule has 126 valence electrons. The maximum absolute atomic E-state index is 12.6. The van der Waals surface area contributed by atoms with E-state index in [-0.39, 0.29) is 5.91 Å². The highest BCUT2D eigenvalue weighted by Gasteiger charge is 2.20. The van der Waals surface area contributed by atoms with E-state index in [0.29, 0.717) is 16.7 Å². The number of carbonyl (C=O) groups excluding carboxylic acids is 1. The molecule has 0 saturated heterocycles. The second kappa shape index (κ2) is 6.09. The van der Waals surface area contributed by atoms with Gasteiger partial charge in [-0.25, -0.2) is 0 Å². The van der Waals surface area contributed by atoms with Crippen molar-refractivity contribution in [3.63, 3.8) is 0 Å². The van der Waals surface area contributed by atoms with Crippen molar-refractivity contribution in [2.75, 3.05) is 5.32 Å². The third-order valence-electron chi connectivity index (χ3n) is 4.15. The van der Waals surface area contributed by atoms with Gasteiger partial charge < -0.3 is 4.42 Å². The lowest BCUT2D eigenvalue weighted by Gasteiger charge is -1.98. The van der Waals surface area contributed by atoms with E-state index >= 15 is 0 Å². The molecule has 0 unspecified atom stereocenters. The lowest BCUT2D eigenvalue weighted by atomic mass is 10.1. The fourth-order valence-electron chi connectivity index (χ4n) is 2.63. The zero-order chi connectivity index (χ0) is 17.6. The molecule has 0 fully saturated rings. The van der Waals surface area contributed by atoms with Gasteiger partial charge in [0.05, 0.1) is 4.88 Å². The van der Waals surface area contributed by atoms with Crippen LogP contribution in [-0.4, -0.2) is 15.3 Å². The first kappa shape index (κ1) is 16.0. The third kappa shape index (κ3) is 2.85. The Hall–Kier alpha value is -2.51. The van der Waals surface area contributed by atoms with Crippen molar-refractivity contribution >= 4 is 44.9 Å². The molecule has 0 aliphatic rings. The number of anilines is 1. The van der Waals surface area contributed by atoms with E-state index in [1.807, 2.05) is 44.4 Å². The zero-order valence-corrected chi connectivity index (χ0v) is 15.5. The van der Waals surface area contributed by atoms with Crippen LogP contribution < -0.4 is 5.32 Å². The van der Waals surface area contributed by atoms with Crippen molar-refractivity contribution in [2.24, 2.45) is 0 Å². The van der Waals surface area contributed by atoms with Gasteiger partial charge in [0, 0.05) is 22.5 Å². The number of rotatable bonds is 3. The van der Waals surface area contributed by atoms with E-state index in [0.717, 1.165) is 38.5 Å². The molecule has 0 bridgehead atoms. The normalized spacial score (nSPS) is 11.2. The first-order chi connectivity index (χ1) is 12.0. The van der Waals surface area contributed by atoms with Crippen LogP contribution in [0.5, 0.6) is 0 Å². The highest BCUT2D eigenvalue weighted by Crippen LogP contribution is 2.29. The van der Waals surface area contributed by atoms with Gasteiger partial charge >= 0.3 is 0 Å². The quantitative estimate of drug-likeness (QED) is 0.539. The highest BCUT2D eigenvalue weighted by molar-refractivity contribution is 7.14. The number of thiophene rings is 1. The van der Waals surface area contributed by atoms with Crippen LogP contribution in [0.1, 0.15) is 27.2 Å². The van der Waals surface area contributed by atoms with Gasteiger partial charge in [0.15, 0.2) is 11.6 Å². The SMILES string of the molecule is Cc1cc2oc(C(=O)Nc3nc(-c4cccs4)ns3)c(C)c2cc1C. The number of nitrogens with zero attached hydrogens (tertiary/aromatic N) is 2. The van der Waals surface area contributed by atoms with Crippen LogP contribution in [0, 0.1) is 20.8 Å². The number of nitrogens with one attached hydrogen (secondary N) is 1. The van der Waals surface area contributed by atoms with Crippen LogP contribution in [0.15, 0.2) is 34.1 Å². The standard InChI is InChI=1S/C18H15N3O2S2/c1-9-7-12-11(3)15(23-13(12)8-10(9)2)17(22)20-18-19-16(21-25-18)14-5-4-6-24-14/h4-8H,1-3H3,(H,19,20,21,22). The van der Waals surface area contributed by atoms with Gasteiger partial charge in [0.1, 0.15) is 5.58 Å². The molecule has 1 aromatic carbocycles. The predicted molar refractivity (Wildman–Crippen MR) is 102 cm³/mol. The van der Waals surface area contributed by atoms with Crippen molar-refractivity contribution in [1.29, 1.82) is 0 Å². The topological polar surface area (TPSA) is 68.0 Å². The van der Waals surface area contributed by atoms with E-state index in [1.165, 1.54) is 5.56 Å². The lowest BCUT2D eigenvalue weighted by molar-refractivity contribution is 0.0998. The third-order valence-corrected chi connectivity index (χ3v) is 5.64. The summed E-state index contributed by atoms with van der Waals surface area (Å²) in [5.41, 5.74) is 3.87. The molecule has 0 spiro atoms. The van der Waals surface area contributed by atoms with Gasteiger partial charge in [0.25, 0.3) is 5.91 Å². The van der Waals surface area contributed by atoms with Crippen molar-refractivity contribution < 1.29 is 9.21 Å². The van der Waals surface area contributed by atoms with E-state index in [9.17, 15) is 4.79 Å². The van der Waals surface area contributed by atoms with Gasteiger partial charge in [-0.15, -0.1) is 11.3 Å². The summed E-state index contributed by atoms with van der Waals surface area (Å²) in [6.45, 7) is 5.97. The molecule has 1 N–H and O–H groups in total. The molecule has 0 aliphatic heterocycles. The van der Waals surface area contributed by atoms with Crippen LogP contribution >= 0.6 is 22.9 Å². The number of carbonyl (C=O) groups is 1. The second-order valence-electron chi connectivity index (χ2n) is 5.84. The van der Waals surface area contributed by atoms with Gasteiger partial charge in [-0.3, -0.25) is 10.1 Å². The van der Waals surface area contributed by atoms with E-state index in [2.05, 4.69) is 20.7 Å². The van der Waals surface area contributed by atoms with Crippen LogP contribution in [0.2, 0.25) is 0 Å². The Morgan fingerprint density at radius 3 is 2.76 bits per heavy atom. The number of aromatic nitrogens is 2. The number of amides is 1. The molecule has 4 aromatic rings. The molecule has 0 saturated carbocycles. The minimum Gasteiger partial charge on any atom is -0.451 e. The Morgan fingerprint density at radius 1 is 1.20 bits per heavy atom. The smallest absolute Gasteiger partial charge is 0.293 e. The molecule has 0 aliphatic carbocycles. The summed E-state index contributed by atoms with van der Waals surface area (Å²) >= 11 is 2.72. The van der Waals surface area contributed by atoms with Crippen LogP contribution in [0.3, 0.4) is 0 Å². The zero-order valence-electron chi connectivity index (χ0n) is 13.9. The molecule has 4 rings (SSSR count). The first-order valence-electron chi connectivity index (χ1n) is 7.72. The van der Waals surface area contributed by atoms with E-state index in [1.54, 1.807) is 11.3 Å². The molecular weight excluding hydrogens is 354 g/mol. The maximum Gasteiger partial charge on any atom is 0.293 e. The summed E-state index contributed by atoms with van der Waals surface area (Å²) < 4.78 is 10.1. The molecule has 3 heterocycles. The summed E-state index contributed by atoms with van der Waals surface area (Å²) in [6.07, 6.45) is 0. The number of hydrogen-bond donors (Lipinski definition) is 1. The number of benzene rings is 1. The summed E-state index contributed by atoms with van der Waals surface area (Å²) in [6, 6.07) is 7.92. The molecule has 5 nitrogen and oxygen atoms in total. The van der Waals surface area contributed by atoms with Gasteiger partial charge in [-0.2, -0.15) is 9.36 Å². The van der Waals surface area contributed by atoms with E-state index < -0.39 is 0 Å². The fraction of sp³-hybridized carbons (Fsp3) is 0.167. The van der Waals surface area contributed by atoms with E-state index in [4.69, 9.17) is 4.42 Å². The van der Waals surface area contributed by atoms with Gasteiger partial charge in [0.2, 0.25) is 5.13 Å². The summed E-state index contributed by atoms with van der Waals surface area (Å²) in [7, 11) is 0. The minimum atomic E-state index is -0.308. The number of hydrogen-bond acceptors (Lipinski definition) is 6. The van der Waals surface area contributed by atoms with Gasteiger partial charge in [-0.05, 0) is 55.5 Å². The monoisotopic (exact) mass is 369 g/mol. The van der Waals surface area contributed by atoms with Crippen molar-refractivity contribution in [2.45, 2.75) is 20.8 Å². The Kier molecular flexibility index (Phi) is 3.89. The summed E-state index contributed by atoms with van der Waals surface area (Å²) in [4.78, 5) is 18.0. The van der Waals surface area contributed by atoms with Gasteiger partial charge in [-0.1, -0.05) is 6.07 Å². The fourth-order valence-corrected chi connectivity index (χ4v) is 3.92. The number of furan rings is 1. The van der Waals surface area contributed by atoms with Crippen molar-refractivity contribution in [1.82, 2.24) is 9.36 Å². The average molecular weight is 369 g/mol. The number of fused-ring (bicyclic) bond motifs is 1. The second-order valence-corrected chi connectivity index (χ2v) is 7.54. The first-order valence-corrected chi connectivity index (χ1v) is 9.37. The Morgan fingerprint density at radius 2 is 2.00 bits per heavy atom. The average Bonchev–Trinajstić information content (AvgIpc) is 3.30. The lowest BCUT2D eigenvalue weighted by Crippen LogP contribution is -2.11. The molecule has 1 amide bonds.